The van der Waals surface area contributed by atoms with Gasteiger partial charge in [0.15, 0.2) is 11.5 Å². The molecular formula is C22H24N2O6. The maximum absolute atomic E-state index is 12.4. The second-order valence-corrected chi connectivity index (χ2v) is 8.48. The molecule has 3 N–H and O–H groups in total. The summed E-state index contributed by atoms with van der Waals surface area (Å²) < 4.78 is 10.8. The Morgan fingerprint density at radius 1 is 1.37 bits per heavy atom. The summed E-state index contributed by atoms with van der Waals surface area (Å²) in [6.45, 7) is 0.762. The molecule has 2 bridgehead atoms. The summed E-state index contributed by atoms with van der Waals surface area (Å²) in [5, 5.41) is 25.3. The topological polar surface area (TPSA) is 108 Å². The van der Waals surface area contributed by atoms with Gasteiger partial charge in [-0.15, -0.1) is 0 Å². The van der Waals surface area contributed by atoms with Crippen molar-refractivity contribution < 1.29 is 29.3 Å². The number of hydrogen-bond donors (Lipinski definition) is 3. The summed E-state index contributed by atoms with van der Waals surface area (Å²) in [4.78, 5) is 25.9. The monoisotopic (exact) mass is 412 g/mol. The zero-order chi connectivity index (χ0) is 21.3. The smallest absolute Gasteiger partial charge is 0.330 e. The molecule has 30 heavy (non-hydrogen) atoms. The number of likely N-dealkylation sites (N-methyl/N-ethyl adjacent to an activating group) is 1. The van der Waals surface area contributed by atoms with Crippen LogP contribution in [0.15, 0.2) is 36.4 Å². The van der Waals surface area contributed by atoms with Crippen LogP contribution in [-0.2, 0) is 26.2 Å². The van der Waals surface area contributed by atoms with Crippen molar-refractivity contribution >= 4 is 11.9 Å². The fourth-order valence-electron chi connectivity index (χ4n) is 5.86. The molecule has 5 rings (SSSR count). The van der Waals surface area contributed by atoms with Crippen LogP contribution in [0.25, 0.3) is 0 Å². The van der Waals surface area contributed by atoms with E-state index in [0.717, 1.165) is 29.8 Å². The van der Waals surface area contributed by atoms with E-state index in [1.165, 1.54) is 7.11 Å². The van der Waals surface area contributed by atoms with Gasteiger partial charge in [0.1, 0.15) is 11.7 Å². The lowest BCUT2D eigenvalue weighted by molar-refractivity contribution is -0.140. The van der Waals surface area contributed by atoms with E-state index < -0.39 is 35.0 Å². The average molecular weight is 412 g/mol. The number of likely N-dealkylation sites (tertiary alicyclic amines) is 1. The Bertz CT molecular complexity index is 1000. The number of nitrogens with zero attached hydrogens (tertiary/aromatic N) is 1. The van der Waals surface area contributed by atoms with Gasteiger partial charge >= 0.3 is 5.97 Å². The summed E-state index contributed by atoms with van der Waals surface area (Å²) in [5.74, 6) is -0.664. The summed E-state index contributed by atoms with van der Waals surface area (Å²) in [6, 6.07) is 2.86. The fourth-order valence-corrected chi connectivity index (χ4v) is 5.86. The van der Waals surface area contributed by atoms with Gasteiger partial charge in [0, 0.05) is 23.8 Å². The number of aromatic hydroxyl groups is 1. The van der Waals surface area contributed by atoms with Crippen LogP contribution in [0.5, 0.6) is 11.5 Å². The van der Waals surface area contributed by atoms with Gasteiger partial charge < -0.3 is 25.0 Å². The van der Waals surface area contributed by atoms with E-state index in [1.54, 1.807) is 18.2 Å². The molecule has 8 heteroatoms. The van der Waals surface area contributed by atoms with Crippen LogP contribution in [-0.4, -0.2) is 71.5 Å². The van der Waals surface area contributed by atoms with Crippen LogP contribution in [0, 0.1) is 0 Å². The molecule has 2 aliphatic carbocycles. The molecule has 4 aliphatic rings. The first-order chi connectivity index (χ1) is 14.3. The SMILES string of the molecule is COC(=O)/C=C/C(=O)N[C@@H]1C=C[C@@]2(O)[C@H]3Cc4ccc(O)c5c4[C@@]2(CCN3C)[C@H]1O5. The van der Waals surface area contributed by atoms with Crippen LogP contribution < -0.4 is 10.1 Å². The molecule has 5 atom stereocenters. The maximum Gasteiger partial charge on any atom is 0.330 e. The van der Waals surface area contributed by atoms with E-state index >= 15 is 0 Å². The van der Waals surface area contributed by atoms with Crippen LogP contribution in [0.3, 0.4) is 0 Å². The van der Waals surface area contributed by atoms with Gasteiger partial charge in [-0.3, -0.25) is 9.69 Å². The molecule has 1 fully saturated rings. The van der Waals surface area contributed by atoms with Crippen molar-refractivity contribution in [1.82, 2.24) is 10.2 Å². The number of amides is 1. The minimum atomic E-state index is -1.18. The first-order valence-electron chi connectivity index (χ1n) is 10.0. The van der Waals surface area contributed by atoms with Crippen LogP contribution in [0.1, 0.15) is 17.5 Å². The van der Waals surface area contributed by atoms with Crippen molar-refractivity contribution in [1.29, 1.82) is 0 Å². The Labute approximate surface area is 173 Å². The van der Waals surface area contributed by atoms with Crippen LogP contribution in [0.4, 0.5) is 0 Å². The number of esters is 1. The predicted molar refractivity (Wildman–Crippen MR) is 106 cm³/mol. The molecule has 0 unspecified atom stereocenters. The number of phenolic OH excluding ortho intramolecular Hbond substituents is 1. The third kappa shape index (κ3) is 2.29. The highest BCUT2D eigenvalue weighted by Gasteiger charge is 2.71. The highest BCUT2D eigenvalue weighted by atomic mass is 16.5. The van der Waals surface area contributed by atoms with Gasteiger partial charge in [-0.2, -0.15) is 0 Å². The second kappa shape index (κ2) is 6.33. The predicted octanol–water partition coefficient (Wildman–Crippen LogP) is 0.166. The number of carbonyl (C=O) groups excluding carboxylic acids is 2. The van der Waals surface area contributed by atoms with Gasteiger partial charge in [-0.1, -0.05) is 18.2 Å². The number of ether oxygens (including phenoxy) is 2. The van der Waals surface area contributed by atoms with Crippen LogP contribution in [0.2, 0.25) is 0 Å². The standard InChI is InChI=1S/C22H24N2O6/c1-24-10-9-21-18-12-3-4-14(25)19(18)30-20(21)13(7-8-22(21,28)15(24)11-12)23-16(26)5-6-17(27)29-2/h3-8,13,15,20,25,28H,9-11H2,1-2H3,(H,23,26)/b6-5+/t13-,15-,20+,21+,22-/m1/s1. The zero-order valence-corrected chi connectivity index (χ0v) is 16.8. The molecule has 1 amide bonds. The Balaban J connectivity index is 1.59. The van der Waals surface area contributed by atoms with Gasteiger partial charge in [0.05, 0.1) is 18.6 Å². The van der Waals surface area contributed by atoms with Crippen molar-refractivity contribution in [3.63, 3.8) is 0 Å². The molecule has 1 saturated heterocycles. The number of hydrogen-bond acceptors (Lipinski definition) is 7. The zero-order valence-electron chi connectivity index (χ0n) is 16.8. The molecule has 1 aromatic carbocycles. The maximum atomic E-state index is 12.4. The normalized spacial score (nSPS) is 35.6. The number of methoxy groups -OCH3 is 1. The molecule has 1 spiro atoms. The van der Waals surface area contributed by atoms with Crippen molar-refractivity contribution in [2.75, 3.05) is 20.7 Å². The van der Waals surface area contributed by atoms with Gasteiger partial charge in [-0.05, 0) is 38.1 Å². The van der Waals surface area contributed by atoms with E-state index in [-0.39, 0.29) is 11.8 Å². The summed E-state index contributed by atoms with van der Waals surface area (Å²) in [5.41, 5.74) is -0.0461. The summed E-state index contributed by atoms with van der Waals surface area (Å²) in [6.07, 6.45) is 6.40. The van der Waals surface area contributed by atoms with E-state index in [4.69, 9.17) is 4.74 Å². The fraction of sp³-hybridized carbons (Fsp3) is 0.455. The lowest BCUT2D eigenvalue weighted by Gasteiger charge is -2.61. The number of aliphatic hydroxyl groups is 1. The molecular weight excluding hydrogens is 388 g/mol. The highest BCUT2D eigenvalue weighted by molar-refractivity contribution is 5.94. The number of phenols is 1. The van der Waals surface area contributed by atoms with Crippen molar-refractivity contribution in [2.24, 2.45) is 0 Å². The quantitative estimate of drug-likeness (QED) is 0.369. The number of piperidine rings is 1. The third-order valence-corrected chi connectivity index (χ3v) is 7.19. The average Bonchev–Trinajstić information content (AvgIpc) is 3.08. The van der Waals surface area contributed by atoms with E-state index in [9.17, 15) is 19.8 Å². The first-order valence-corrected chi connectivity index (χ1v) is 10.0. The van der Waals surface area contributed by atoms with Crippen molar-refractivity contribution in [3.05, 3.63) is 47.6 Å². The third-order valence-electron chi connectivity index (χ3n) is 7.19. The Kier molecular flexibility index (Phi) is 4.04. The molecule has 1 aromatic rings. The van der Waals surface area contributed by atoms with Crippen molar-refractivity contribution in [2.45, 2.75) is 42.0 Å². The Hall–Kier alpha value is -2.84. The molecule has 2 heterocycles. The lowest BCUT2D eigenvalue weighted by Crippen LogP contribution is -2.76. The van der Waals surface area contributed by atoms with Gasteiger partial charge in [0.25, 0.3) is 0 Å². The number of carbonyl (C=O) groups is 2. The summed E-state index contributed by atoms with van der Waals surface area (Å²) >= 11 is 0. The number of rotatable bonds is 3. The number of benzene rings is 1. The highest BCUT2D eigenvalue weighted by Crippen LogP contribution is 2.63. The second-order valence-electron chi connectivity index (χ2n) is 8.48. The van der Waals surface area contributed by atoms with Gasteiger partial charge in [0.2, 0.25) is 5.91 Å². The van der Waals surface area contributed by atoms with Gasteiger partial charge in [-0.25, -0.2) is 4.79 Å². The molecule has 0 saturated carbocycles. The Morgan fingerprint density at radius 2 is 2.17 bits per heavy atom. The molecule has 158 valence electrons. The van der Waals surface area contributed by atoms with E-state index in [0.29, 0.717) is 18.6 Å². The van der Waals surface area contributed by atoms with E-state index in [2.05, 4.69) is 15.0 Å². The summed E-state index contributed by atoms with van der Waals surface area (Å²) in [7, 11) is 3.24. The largest absolute Gasteiger partial charge is 0.504 e. The molecule has 0 radical (unpaired) electrons. The lowest BCUT2D eigenvalue weighted by atomic mass is 9.50. The first kappa shape index (κ1) is 19.1. The molecule has 0 aromatic heterocycles. The van der Waals surface area contributed by atoms with Crippen LogP contribution >= 0.6 is 0 Å². The minimum Gasteiger partial charge on any atom is -0.504 e. The number of nitrogens with one attached hydrogen (secondary N) is 1. The van der Waals surface area contributed by atoms with Crippen molar-refractivity contribution in [3.8, 4) is 11.5 Å². The molecule has 8 nitrogen and oxygen atoms in total. The van der Waals surface area contributed by atoms with E-state index in [1.807, 2.05) is 13.1 Å². The minimum absolute atomic E-state index is 0.0351. The molecule has 2 aliphatic heterocycles. The Morgan fingerprint density at radius 3 is 2.93 bits per heavy atom.